The monoisotopic (exact) mass is 495 g/mol. The molecule has 8 heteroatoms. The van der Waals surface area contributed by atoms with Crippen LogP contribution in [0.5, 0.6) is 0 Å². The van der Waals surface area contributed by atoms with Crippen molar-refractivity contribution >= 4 is 46.7 Å². The second kappa shape index (κ2) is 11.2. The Bertz CT molecular complexity index is 1050. The highest BCUT2D eigenvalue weighted by atomic mass is 35.5. The predicted octanol–water partition coefficient (Wildman–Crippen LogP) is 7.94. The van der Waals surface area contributed by atoms with Gasteiger partial charge < -0.3 is 5.32 Å². The van der Waals surface area contributed by atoms with Crippen LogP contribution < -0.4 is 5.32 Å². The van der Waals surface area contributed by atoms with Crippen molar-refractivity contribution in [2.45, 2.75) is 35.1 Å². The molecule has 0 fully saturated rings. The van der Waals surface area contributed by atoms with E-state index in [0.717, 1.165) is 33.9 Å². The highest BCUT2D eigenvalue weighted by molar-refractivity contribution is 7.99. The number of hydrogen-bond acceptors (Lipinski definition) is 3. The van der Waals surface area contributed by atoms with Crippen molar-refractivity contribution in [3.63, 3.8) is 0 Å². The van der Waals surface area contributed by atoms with Gasteiger partial charge in [0.25, 0.3) is 0 Å². The number of amides is 1. The van der Waals surface area contributed by atoms with Crippen LogP contribution in [0.2, 0.25) is 5.02 Å². The van der Waals surface area contributed by atoms with Gasteiger partial charge >= 0.3 is 6.18 Å². The zero-order valence-electron chi connectivity index (χ0n) is 17.2. The number of halogens is 4. The second-order valence-corrected chi connectivity index (χ2v) is 9.71. The first-order valence-electron chi connectivity index (χ1n) is 9.84. The summed E-state index contributed by atoms with van der Waals surface area (Å²) in [5, 5.41) is 3.34. The molecule has 3 rings (SSSR count). The van der Waals surface area contributed by atoms with Crippen molar-refractivity contribution in [1.29, 1.82) is 0 Å². The molecule has 0 heterocycles. The Morgan fingerprint density at radius 3 is 2.16 bits per heavy atom. The topological polar surface area (TPSA) is 29.1 Å². The van der Waals surface area contributed by atoms with Crippen LogP contribution >= 0.6 is 35.1 Å². The summed E-state index contributed by atoms with van der Waals surface area (Å²) < 4.78 is 38.0. The van der Waals surface area contributed by atoms with Crippen LogP contribution in [0, 0.1) is 0 Å². The fraction of sp³-hybridized carbons (Fsp3) is 0.208. The smallest absolute Gasteiger partial charge is 0.326 e. The van der Waals surface area contributed by atoms with Crippen molar-refractivity contribution < 1.29 is 18.0 Å². The van der Waals surface area contributed by atoms with E-state index in [0.29, 0.717) is 16.5 Å². The molecule has 168 valence electrons. The molecule has 0 saturated carbocycles. The molecule has 0 radical (unpaired) electrons. The molecule has 0 spiro atoms. The first-order valence-corrected chi connectivity index (χ1v) is 12.2. The molecule has 2 nitrogen and oxygen atoms in total. The van der Waals surface area contributed by atoms with Crippen molar-refractivity contribution in [2.24, 2.45) is 0 Å². The van der Waals surface area contributed by atoms with Gasteiger partial charge in [0.2, 0.25) is 5.91 Å². The standard InChI is InChI=1S/C24H21ClF3NOS2/c1-2-31-20-9-3-16(4-10-20)13-23(30)29-19-8-5-17(22(25)14-19)15-32-21-11-6-18(7-12-21)24(26,27)28/h3-12,14H,2,13,15H2,1H3,(H,29,30). The number of anilines is 1. The average Bonchev–Trinajstić information content (AvgIpc) is 2.74. The summed E-state index contributed by atoms with van der Waals surface area (Å²) >= 11 is 9.50. The third-order valence-electron chi connectivity index (χ3n) is 4.51. The molecule has 0 bridgehead atoms. The van der Waals surface area contributed by atoms with E-state index in [-0.39, 0.29) is 12.3 Å². The van der Waals surface area contributed by atoms with E-state index in [1.54, 1.807) is 23.9 Å². The maximum atomic E-state index is 12.7. The number of carbonyl (C=O) groups excluding carboxylic acids is 1. The molecule has 0 aliphatic rings. The quantitative estimate of drug-likeness (QED) is 0.321. The molecule has 0 atom stereocenters. The van der Waals surface area contributed by atoms with Gasteiger partial charge in [-0.05, 0) is 65.4 Å². The SMILES string of the molecule is CCSc1ccc(CC(=O)Nc2ccc(CSc3ccc(C(F)(F)F)cc3)c(Cl)c2)cc1. The number of alkyl halides is 3. The molecule has 0 aliphatic heterocycles. The molecular weight excluding hydrogens is 475 g/mol. The summed E-state index contributed by atoms with van der Waals surface area (Å²) in [5.41, 5.74) is 1.69. The van der Waals surface area contributed by atoms with Gasteiger partial charge in [-0.25, -0.2) is 0 Å². The van der Waals surface area contributed by atoms with Crippen LogP contribution in [-0.4, -0.2) is 11.7 Å². The van der Waals surface area contributed by atoms with Crippen LogP contribution in [0.4, 0.5) is 18.9 Å². The van der Waals surface area contributed by atoms with Gasteiger partial charge in [0.15, 0.2) is 0 Å². The lowest BCUT2D eigenvalue weighted by Crippen LogP contribution is -2.14. The molecule has 3 aromatic carbocycles. The van der Waals surface area contributed by atoms with E-state index >= 15 is 0 Å². The van der Waals surface area contributed by atoms with Gasteiger partial charge in [0, 0.05) is 26.3 Å². The maximum Gasteiger partial charge on any atom is 0.416 e. The number of benzene rings is 3. The predicted molar refractivity (Wildman–Crippen MR) is 128 cm³/mol. The minimum atomic E-state index is -4.34. The van der Waals surface area contributed by atoms with E-state index in [1.165, 1.54) is 28.8 Å². The van der Waals surface area contributed by atoms with Gasteiger partial charge in [-0.3, -0.25) is 4.79 Å². The van der Waals surface area contributed by atoms with Crippen molar-refractivity contribution in [2.75, 3.05) is 11.1 Å². The fourth-order valence-electron chi connectivity index (χ4n) is 2.90. The number of carbonyl (C=O) groups is 1. The Hall–Kier alpha value is -2.09. The Kier molecular flexibility index (Phi) is 8.57. The summed E-state index contributed by atoms with van der Waals surface area (Å²) in [6.07, 6.45) is -4.08. The molecule has 0 unspecified atom stereocenters. The summed E-state index contributed by atoms with van der Waals surface area (Å²) in [4.78, 5) is 14.2. The van der Waals surface area contributed by atoms with E-state index in [4.69, 9.17) is 11.6 Å². The fourth-order valence-corrected chi connectivity index (χ4v) is 4.80. The summed E-state index contributed by atoms with van der Waals surface area (Å²) in [6.45, 7) is 2.09. The Morgan fingerprint density at radius 1 is 0.938 bits per heavy atom. The van der Waals surface area contributed by atoms with Crippen LogP contribution in [0.3, 0.4) is 0 Å². The van der Waals surface area contributed by atoms with Crippen molar-refractivity contribution in [3.8, 4) is 0 Å². The minimum absolute atomic E-state index is 0.135. The number of thioether (sulfide) groups is 2. The third kappa shape index (κ3) is 7.22. The van der Waals surface area contributed by atoms with Gasteiger partial charge in [-0.1, -0.05) is 36.7 Å². The third-order valence-corrected chi connectivity index (χ3v) is 6.82. The van der Waals surface area contributed by atoms with Crippen LogP contribution in [-0.2, 0) is 23.1 Å². The van der Waals surface area contributed by atoms with Crippen LogP contribution in [0.15, 0.2) is 76.5 Å². The zero-order valence-corrected chi connectivity index (χ0v) is 19.6. The van der Waals surface area contributed by atoms with Gasteiger partial charge in [0.05, 0.1) is 12.0 Å². The highest BCUT2D eigenvalue weighted by Crippen LogP contribution is 2.33. The molecule has 3 aromatic rings. The summed E-state index contributed by atoms with van der Waals surface area (Å²) in [7, 11) is 0. The second-order valence-electron chi connectivity index (χ2n) is 6.92. The normalized spacial score (nSPS) is 11.4. The average molecular weight is 496 g/mol. The molecular formula is C24H21ClF3NOS2. The number of rotatable bonds is 8. The Balaban J connectivity index is 1.54. The van der Waals surface area contributed by atoms with E-state index in [9.17, 15) is 18.0 Å². The highest BCUT2D eigenvalue weighted by Gasteiger charge is 2.29. The zero-order chi connectivity index (χ0) is 23.1. The summed E-state index contributed by atoms with van der Waals surface area (Å²) in [5.74, 6) is 1.36. The van der Waals surface area contributed by atoms with Crippen molar-refractivity contribution in [1.82, 2.24) is 0 Å². The molecule has 32 heavy (non-hydrogen) atoms. The number of nitrogens with one attached hydrogen (secondary N) is 1. The van der Waals surface area contributed by atoms with E-state index in [1.807, 2.05) is 30.3 Å². The van der Waals surface area contributed by atoms with Crippen LogP contribution in [0.1, 0.15) is 23.6 Å². The lowest BCUT2D eigenvalue weighted by Gasteiger charge is -2.10. The van der Waals surface area contributed by atoms with Crippen LogP contribution in [0.25, 0.3) is 0 Å². The minimum Gasteiger partial charge on any atom is -0.326 e. The van der Waals surface area contributed by atoms with E-state index < -0.39 is 11.7 Å². The van der Waals surface area contributed by atoms with Gasteiger partial charge in [-0.2, -0.15) is 13.2 Å². The Labute approximate surface area is 198 Å². The summed E-state index contributed by atoms with van der Waals surface area (Å²) in [6, 6.07) is 18.2. The first kappa shape index (κ1) is 24.6. The van der Waals surface area contributed by atoms with Gasteiger partial charge in [0.1, 0.15) is 0 Å². The first-order chi connectivity index (χ1) is 15.2. The Morgan fingerprint density at radius 2 is 1.56 bits per heavy atom. The largest absolute Gasteiger partial charge is 0.416 e. The molecule has 1 N–H and O–H groups in total. The maximum absolute atomic E-state index is 12.7. The number of hydrogen-bond donors (Lipinski definition) is 1. The molecule has 0 aliphatic carbocycles. The van der Waals surface area contributed by atoms with E-state index in [2.05, 4.69) is 12.2 Å². The van der Waals surface area contributed by atoms with Gasteiger partial charge in [-0.15, -0.1) is 23.5 Å². The lowest BCUT2D eigenvalue weighted by atomic mass is 10.1. The lowest BCUT2D eigenvalue weighted by molar-refractivity contribution is -0.137. The molecule has 0 saturated heterocycles. The molecule has 1 amide bonds. The molecule has 0 aromatic heterocycles. The van der Waals surface area contributed by atoms with Crippen molar-refractivity contribution in [3.05, 3.63) is 88.4 Å².